The van der Waals surface area contributed by atoms with Crippen LogP contribution in [-0.2, 0) is 0 Å². The van der Waals surface area contributed by atoms with Crippen molar-refractivity contribution in [2.24, 2.45) is 0 Å². The van der Waals surface area contributed by atoms with Crippen molar-refractivity contribution in [1.29, 1.82) is 0 Å². The number of nitrogens with zero attached hydrogens (tertiary/aromatic N) is 4. The quantitative estimate of drug-likeness (QED) is 0.591. The number of carbonyl (C=O) groups is 1. The first-order valence-corrected chi connectivity index (χ1v) is 8.66. The number of aromatic nitrogens is 4. The third-order valence-corrected chi connectivity index (χ3v) is 4.84. The molecule has 0 radical (unpaired) electrons. The highest BCUT2D eigenvalue weighted by atomic mass is 35.5. The van der Waals surface area contributed by atoms with Gasteiger partial charge in [0.25, 0.3) is 5.91 Å². The molecule has 4 rings (SSSR count). The van der Waals surface area contributed by atoms with E-state index in [2.05, 4.69) is 20.6 Å². The van der Waals surface area contributed by atoms with Crippen molar-refractivity contribution in [3.8, 4) is 10.6 Å². The van der Waals surface area contributed by atoms with Crippen LogP contribution in [0.5, 0.6) is 0 Å². The lowest BCUT2D eigenvalue weighted by molar-refractivity contribution is 0.102. The van der Waals surface area contributed by atoms with E-state index in [1.54, 1.807) is 28.8 Å². The summed E-state index contributed by atoms with van der Waals surface area (Å²) < 4.78 is 1.72. The van der Waals surface area contributed by atoms with E-state index < -0.39 is 0 Å². The third kappa shape index (κ3) is 3.11. The van der Waals surface area contributed by atoms with Gasteiger partial charge in [-0.3, -0.25) is 4.79 Å². The van der Waals surface area contributed by atoms with Crippen molar-refractivity contribution < 1.29 is 4.79 Å². The Bertz CT molecular complexity index is 1050. The highest BCUT2D eigenvalue weighted by Gasteiger charge is 2.11. The molecule has 2 heterocycles. The Morgan fingerprint density at radius 1 is 1.08 bits per heavy atom. The molecule has 0 spiro atoms. The number of carbonyl (C=O) groups excluding carboxylic acids is 1. The van der Waals surface area contributed by atoms with Crippen LogP contribution in [0, 0.1) is 6.92 Å². The SMILES string of the molecule is Cc1nnc2sc(-c3ccc(NC(=O)c4ccc(Cl)cc4)cc3)nn12. The summed E-state index contributed by atoms with van der Waals surface area (Å²) in [6.45, 7) is 1.86. The van der Waals surface area contributed by atoms with E-state index >= 15 is 0 Å². The van der Waals surface area contributed by atoms with Gasteiger partial charge in [-0.05, 0) is 55.5 Å². The number of aryl methyl sites for hydroxylation is 1. The third-order valence-electron chi connectivity index (χ3n) is 3.64. The molecule has 0 aliphatic rings. The number of fused-ring (bicyclic) bond motifs is 1. The number of rotatable bonds is 3. The minimum Gasteiger partial charge on any atom is -0.322 e. The monoisotopic (exact) mass is 369 g/mol. The number of anilines is 1. The molecule has 0 atom stereocenters. The van der Waals surface area contributed by atoms with Gasteiger partial charge in [0.05, 0.1) is 0 Å². The molecule has 124 valence electrons. The molecule has 0 fully saturated rings. The lowest BCUT2D eigenvalue weighted by atomic mass is 10.2. The maximum atomic E-state index is 12.2. The van der Waals surface area contributed by atoms with Crippen LogP contribution in [0.4, 0.5) is 5.69 Å². The summed E-state index contributed by atoms with van der Waals surface area (Å²) in [7, 11) is 0. The van der Waals surface area contributed by atoms with Crippen LogP contribution in [0.1, 0.15) is 16.2 Å². The summed E-state index contributed by atoms with van der Waals surface area (Å²) >= 11 is 7.30. The van der Waals surface area contributed by atoms with E-state index in [9.17, 15) is 4.79 Å². The summed E-state index contributed by atoms with van der Waals surface area (Å²) in [5.74, 6) is 0.572. The van der Waals surface area contributed by atoms with Crippen LogP contribution in [0.2, 0.25) is 5.02 Å². The topological polar surface area (TPSA) is 72.2 Å². The van der Waals surface area contributed by atoms with Gasteiger partial charge < -0.3 is 5.32 Å². The van der Waals surface area contributed by atoms with Gasteiger partial charge >= 0.3 is 0 Å². The fraction of sp³-hybridized carbons (Fsp3) is 0.0588. The minimum absolute atomic E-state index is 0.182. The van der Waals surface area contributed by atoms with Crippen molar-refractivity contribution in [1.82, 2.24) is 19.8 Å². The summed E-state index contributed by atoms with van der Waals surface area (Å²) in [5, 5.41) is 16.8. The Kier molecular flexibility index (Phi) is 3.95. The first-order chi connectivity index (χ1) is 12.1. The second-order valence-electron chi connectivity index (χ2n) is 5.39. The van der Waals surface area contributed by atoms with E-state index in [-0.39, 0.29) is 5.91 Å². The van der Waals surface area contributed by atoms with Crippen LogP contribution >= 0.6 is 22.9 Å². The summed E-state index contributed by atoms with van der Waals surface area (Å²) in [6.07, 6.45) is 0. The molecule has 0 saturated carbocycles. The highest BCUT2D eigenvalue weighted by Crippen LogP contribution is 2.26. The minimum atomic E-state index is -0.182. The van der Waals surface area contributed by atoms with Crippen LogP contribution < -0.4 is 5.32 Å². The van der Waals surface area contributed by atoms with Crippen LogP contribution in [0.25, 0.3) is 15.5 Å². The van der Waals surface area contributed by atoms with Gasteiger partial charge in [0.1, 0.15) is 5.01 Å². The molecule has 8 heteroatoms. The predicted molar refractivity (Wildman–Crippen MR) is 98.2 cm³/mol. The molecule has 0 bridgehead atoms. The van der Waals surface area contributed by atoms with E-state index in [4.69, 9.17) is 11.6 Å². The van der Waals surface area contributed by atoms with Crippen LogP contribution in [0.15, 0.2) is 48.5 Å². The number of hydrogen-bond acceptors (Lipinski definition) is 5. The molecule has 4 aromatic rings. The Hall–Kier alpha value is -2.77. The number of amides is 1. The van der Waals surface area contributed by atoms with Crippen molar-refractivity contribution in [2.75, 3.05) is 5.32 Å². The van der Waals surface area contributed by atoms with Gasteiger partial charge in [-0.15, -0.1) is 10.2 Å². The standard InChI is InChI=1S/C17H12ClN5OS/c1-10-20-21-17-23(10)22-16(25-17)12-4-8-14(9-5-12)19-15(24)11-2-6-13(18)7-3-11/h2-9H,1H3,(H,19,24). The van der Waals surface area contributed by atoms with Gasteiger partial charge in [0.2, 0.25) is 4.96 Å². The maximum absolute atomic E-state index is 12.2. The number of halogens is 1. The van der Waals surface area contributed by atoms with E-state index in [0.717, 1.165) is 21.4 Å². The van der Waals surface area contributed by atoms with E-state index in [1.807, 2.05) is 31.2 Å². The molecule has 1 N–H and O–H groups in total. The number of hydrogen-bond donors (Lipinski definition) is 1. The van der Waals surface area contributed by atoms with E-state index in [1.165, 1.54) is 11.3 Å². The van der Waals surface area contributed by atoms with Gasteiger partial charge in [-0.1, -0.05) is 22.9 Å². The maximum Gasteiger partial charge on any atom is 0.255 e. The highest BCUT2D eigenvalue weighted by molar-refractivity contribution is 7.19. The lowest BCUT2D eigenvalue weighted by Gasteiger charge is -2.06. The molecular formula is C17H12ClN5OS. The molecule has 25 heavy (non-hydrogen) atoms. The first kappa shape index (κ1) is 15.7. The Morgan fingerprint density at radius 3 is 2.48 bits per heavy atom. The van der Waals surface area contributed by atoms with Gasteiger partial charge in [0, 0.05) is 21.8 Å². The second-order valence-corrected chi connectivity index (χ2v) is 6.78. The van der Waals surface area contributed by atoms with Crippen LogP contribution in [0.3, 0.4) is 0 Å². The molecule has 6 nitrogen and oxygen atoms in total. The molecule has 0 aliphatic heterocycles. The molecule has 1 amide bonds. The molecule has 0 aliphatic carbocycles. The zero-order valence-corrected chi connectivity index (χ0v) is 14.7. The second kappa shape index (κ2) is 6.27. The summed E-state index contributed by atoms with van der Waals surface area (Å²) in [6, 6.07) is 14.3. The van der Waals surface area contributed by atoms with Crippen molar-refractivity contribution in [3.05, 3.63) is 64.9 Å². The van der Waals surface area contributed by atoms with E-state index in [0.29, 0.717) is 16.3 Å². The molecule has 0 saturated heterocycles. The average molecular weight is 370 g/mol. The van der Waals surface area contributed by atoms with Crippen molar-refractivity contribution in [3.63, 3.8) is 0 Å². The fourth-order valence-corrected chi connectivity index (χ4v) is 3.35. The molecular weight excluding hydrogens is 358 g/mol. The predicted octanol–water partition coefficient (Wildman–Crippen LogP) is 4.07. The zero-order chi connectivity index (χ0) is 17.4. The molecule has 0 unspecified atom stereocenters. The Labute approximate surface area is 152 Å². The largest absolute Gasteiger partial charge is 0.322 e. The van der Waals surface area contributed by atoms with Gasteiger partial charge in [0.15, 0.2) is 5.82 Å². The normalized spacial score (nSPS) is 11.0. The summed E-state index contributed by atoms with van der Waals surface area (Å²) in [4.78, 5) is 13.0. The molecule has 2 aromatic carbocycles. The summed E-state index contributed by atoms with van der Waals surface area (Å²) in [5.41, 5.74) is 2.22. The average Bonchev–Trinajstić information content (AvgIpc) is 3.18. The van der Waals surface area contributed by atoms with Crippen molar-refractivity contribution in [2.45, 2.75) is 6.92 Å². The zero-order valence-electron chi connectivity index (χ0n) is 13.1. The van der Waals surface area contributed by atoms with Crippen molar-refractivity contribution >= 4 is 39.5 Å². The number of benzene rings is 2. The Morgan fingerprint density at radius 2 is 1.80 bits per heavy atom. The lowest BCUT2D eigenvalue weighted by Crippen LogP contribution is -2.11. The molecule has 2 aromatic heterocycles. The van der Waals surface area contributed by atoms with Gasteiger partial charge in [-0.25, -0.2) is 0 Å². The first-order valence-electron chi connectivity index (χ1n) is 7.46. The van der Waals surface area contributed by atoms with Crippen LogP contribution in [-0.4, -0.2) is 25.7 Å². The van der Waals surface area contributed by atoms with Gasteiger partial charge in [-0.2, -0.15) is 9.61 Å². The smallest absolute Gasteiger partial charge is 0.255 e. The number of nitrogens with one attached hydrogen (secondary N) is 1. The Balaban J connectivity index is 1.53. The fourth-order valence-electron chi connectivity index (χ4n) is 2.33.